The Morgan fingerprint density at radius 3 is 2.94 bits per heavy atom. The standard InChI is InChI=1S/C14H22N2/c1-11-5-3-6-12(9-11)14-13(10-15)7-4-8-16(14)2/h3,5-6,9,13-14H,4,7-8,10,15H2,1-2H3. The van der Waals surface area contributed by atoms with Crippen LogP contribution in [0.2, 0.25) is 0 Å². The molecule has 2 unspecified atom stereocenters. The van der Waals surface area contributed by atoms with Gasteiger partial charge in [0.05, 0.1) is 0 Å². The lowest BCUT2D eigenvalue weighted by Crippen LogP contribution is -2.39. The molecule has 1 aromatic carbocycles. The molecule has 16 heavy (non-hydrogen) atoms. The Morgan fingerprint density at radius 2 is 2.25 bits per heavy atom. The van der Waals surface area contributed by atoms with Crippen LogP contribution >= 0.6 is 0 Å². The minimum absolute atomic E-state index is 0.513. The Labute approximate surface area is 98.4 Å². The third-order valence-corrected chi connectivity index (χ3v) is 3.69. The summed E-state index contributed by atoms with van der Waals surface area (Å²) in [6.45, 7) is 4.14. The van der Waals surface area contributed by atoms with Gasteiger partial charge in [-0.1, -0.05) is 29.8 Å². The van der Waals surface area contributed by atoms with Crippen LogP contribution in [0.1, 0.15) is 30.0 Å². The molecule has 0 radical (unpaired) electrons. The van der Waals surface area contributed by atoms with E-state index in [9.17, 15) is 0 Å². The molecule has 1 saturated heterocycles. The molecule has 0 aromatic heterocycles. The highest BCUT2D eigenvalue weighted by Crippen LogP contribution is 2.34. The van der Waals surface area contributed by atoms with Gasteiger partial charge in [-0.15, -0.1) is 0 Å². The molecular weight excluding hydrogens is 196 g/mol. The van der Waals surface area contributed by atoms with E-state index in [1.165, 1.54) is 30.5 Å². The van der Waals surface area contributed by atoms with Gasteiger partial charge in [0, 0.05) is 6.04 Å². The van der Waals surface area contributed by atoms with Crippen molar-refractivity contribution in [3.63, 3.8) is 0 Å². The second-order valence-electron chi connectivity index (χ2n) is 4.98. The maximum atomic E-state index is 5.90. The summed E-state index contributed by atoms with van der Waals surface area (Å²) in [5, 5.41) is 0. The molecule has 2 N–H and O–H groups in total. The first kappa shape index (κ1) is 11.6. The lowest BCUT2D eigenvalue weighted by Gasteiger charge is -2.39. The fourth-order valence-corrected chi connectivity index (χ4v) is 2.89. The van der Waals surface area contributed by atoms with Crippen LogP contribution in [0.4, 0.5) is 0 Å². The molecule has 1 aromatic rings. The molecule has 2 rings (SSSR count). The highest BCUT2D eigenvalue weighted by atomic mass is 15.1. The Kier molecular flexibility index (Phi) is 3.62. The highest BCUT2D eigenvalue weighted by molar-refractivity contribution is 5.26. The van der Waals surface area contributed by atoms with Crippen molar-refractivity contribution < 1.29 is 0 Å². The third-order valence-electron chi connectivity index (χ3n) is 3.69. The topological polar surface area (TPSA) is 29.3 Å². The summed E-state index contributed by atoms with van der Waals surface area (Å²) in [6.07, 6.45) is 2.54. The van der Waals surface area contributed by atoms with Gasteiger partial charge in [0.2, 0.25) is 0 Å². The van der Waals surface area contributed by atoms with E-state index < -0.39 is 0 Å². The summed E-state index contributed by atoms with van der Waals surface area (Å²) < 4.78 is 0. The van der Waals surface area contributed by atoms with Crippen molar-refractivity contribution in [2.24, 2.45) is 11.7 Å². The zero-order valence-corrected chi connectivity index (χ0v) is 10.3. The van der Waals surface area contributed by atoms with Crippen LogP contribution in [0.3, 0.4) is 0 Å². The zero-order chi connectivity index (χ0) is 11.5. The molecule has 0 amide bonds. The summed E-state index contributed by atoms with van der Waals surface area (Å²) in [5.74, 6) is 0.612. The second kappa shape index (κ2) is 4.98. The summed E-state index contributed by atoms with van der Waals surface area (Å²) in [4.78, 5) is 2.45. The summed E-state index contributed by atoms with van der Waals surface area (Å²) in [5.41, 5.74) is 8.67. The predicted molar refractivity (Wildman–Crippen MR) is 68.3 cm³/mol. The van der Waals surface area contributed by atoms with Gasteiger partial charge in [0.25, 0.3) is 0 Å². The molecule has 2 atom stereocenters. The summed E-state index contributed by atoms with van der Waals surface area (Å²) >= 11 is 0. The third kappa shape index (κ3) is 2.28. The fraction of sp³-hybridized carbons (Fsp3) is 0.571. The highest BCUT2D eigenvalue weighted by Gasteiger charge is 2.29. The summed E-state index contributed by atoms with van der Waals surface area (Å²) in [7, 11) is 2.22. The minimum Gasteiger partial charge on any atom is -0.330 e. The van der Waals surface area contributed by atoms with E-state index in [4.69, 9.17) is 5.73 Å². The van der Waals surface area contributed by atoms with Gasteiger partial charge in [-0.25, -0.2) is 0 Å². The Balaban J connectivity index is 2.28. The smallest absolute Gasteiger partial charge is 0.0385 e. The average Bonchev–Trinajstić information content (AvgIpc) is 2.28. The molecular formula is C14H22N2. The van der Waals surface area contributed by atoms with Crippen LogP contribution in [0, 0.1) is 12.8 Å². The van der Waals surface area contributed by atoms with E-state index in [1.807, 2.05) is 0 Å². The average molecular weight is 218 g/mol. The largest absolute Gasteiger partial charge is 0.330 e. The van der Waals surface area contributed by atoms with Crippen LogP contribution in [0.25, 0.3) is 0 Å². The maximum Gasteiger partial charge on any atom is 0.0385 e. The molecule has 1 aliphatic heterocycles. The quantitative estimate of drug-likeness (QED) is 0.825. The molecule has 1 aliphatic rings. The lowest BCUT2D eigenvalue weighted by atomic mass is 9.84. The van der Waals surface area contributed by atoms with Gasteiger partial charge in [0.1, 0.15) is 0 Å². The summed E-state index contributed by atoms with van der Waals surface area (Å²) in [6, 6.07) is 9.36. The minimum atomic E-state index is 0.513. The van der Waals surface area contributed by atoms with Gasteiger partial charge in [0.15, 0.2) is 0 Å². The lowest BCUT2D eigenvalue weighted by molar-refractivity contribution is 0.125. The van der Waals surface area contributed by atoms with E-state index in [0.29, 0.717) is 12.0 Å². The molecule has 88 valence electrons. The number of rotatable bonds is 2. The molecule has 2 heteroatoms. The van der Waals surface area contributed by atoms with Crippen LogP contribution in [-0.4, -0.2) is 25.0 Å². The number of nitrogens with zero attached hydrogens (tertiary/aromatic N) is 1. The first-order valence-corrected chi connectivity index (χ1v) is 6.19. The monoisotopic (exact) mass is 218 g/mol. The number of aryl methyl sites for hydroxylation is 1. The van der Waals surface area contributed by atoms with E-state index >= 15 is 0 Å². The number of hydrogen-bond acceptors (Lipinski definition) is 2. The van der Waals surface area contributed by atoms with Crippen LogP contribution < -0.4 is 5.73 Å². The second-order valence-corrected chi connectivity index (χ2v) is 4.98. The molecule has 0 spiro atoms. The SMILES string of the molecule is Cc1cccc(C2C(CN)CCCN2C)c1. The van der Waals surface area contributed by atoms with Crippen molar-refractivity contribution in [1.82, 2.24) is 4.90 Å². The van der Waals surface area contributed by atoms with Gasteiger partial charge in [-0.05, 0) is 51.4 Å². The van der Waals surface area contributed by atoms with Gasteiger partial charge >= 0.3 is 0 Å². The number of benzene rings is 1. The molecule has 1 heterocycles. The van der Waals surface area contributed by atoms with E-state index in [0.717, 1.165) is 6.54 Å². The fourth-order valence-electron chi connectivity index (χ4n) is 2.89. The van der Waals surface area contributed by atoms with E-state index in [-0.39, 0.29) is 0 Å². The first-order chi connectivity index (χ1) is 7.72. The number of hydrogen-bond donors (Lipinski definition) is 1. The van der Waals surface area contributed by atoms with Crippen molar-refractivity contribution in [1.29, 1.82) is 0 Å². The Bertz CT molecular complexity index is 348. The van der Waals surface area contributed by atoms with Gasteiger partial charge < -0.3 is 5.73 Å². The molecule has 0 bridgehead atoms. The molecule has 0 aliphatic carbocycles. The molecule has 2 nitrogen and oxygen atoms in total. The zero-order valence-electron chi connectivity index (χ0n) is 10.3. The van der Waals surface area contributed by atoms with Crippen LogP contribution in [0.5, 0.6) is 0 Å². The Hall–Kier alpha value is -0.860. The number of nitrogens with two attached hydrogens (primary N) is 1. The first-order valence-electron chi connectivity index (χ1n) is 6.19. The normalized spacial score (nSPS) is 26.9. The Morgan fingerprint density at radius 1 is 1.44 bits per heavy atom. The van der Waals surface area contributed by atoms with Crippen LogP contribution in [-0.2, 0) is 0 Å². The van der Waals surface area contributed by atoms with Gasteiger partial charge in [-0.2, -0.15) is 0 Å². The number of likely N-dealkylation sites (tertiary alicyclic amines) is 1. The number of piperidine rings is 1. The van der Waals surface area contributed by atoms with Crippen molar-refractivity contribution in [3.05, 3.63) is 35.4 Å². The maximum absolute atomic E-state index is 5.90. The van der Waals surface area contributed by atoms with Crippen molar-refractivity contribution in [3.8, 4) is 0 Å². The van der Waals surface area contributed by atoms with Gasteiger partial charge in [-0.3, -0.25) is 4.90 Å². The molecule has 1 fully saturated rings. The van der Waals surface area contributed by atoms with E-state index in [2.05, 4.69) is 43.1 Å². The van der Waals surface area contributed by atoms with Crippen molar-refractivity contribution in [2.45, 2.75) is 25.8 Å². The van der Waals surface area contributed by atoms with Crippen molar-refractivity contribution in [2.75, 3.05) is 20.1 Å². The van der Waals surface area contributed by atoms with Crippen LogP contribution in [0.15, 0.2) is 24.3 Å². The van der Waals surface area contributed by atoms with Crippen molar-refractivity contribution >= 4 is 0 Å². The van der Waals surface area contributed by atoms with E-state index in [1.54, 1.807) is 0 Å². The predicted octanol–water partition coefficient (Wildman–Crippen LogP) is 2.34. The molecule has 0 saturated carbocycles.